The van der Waals surface area contributed by atoms with Gasteiger partial charge in [0.2, 0.25) is 5.91 Å². The number of likely N-dealkylation sites (tertiary alicyclic amines) is 1. The Labute approximate surface area is 190 Å². The fourth-order valence-corrected chi connectivity index (χ4v) is 4.31. The SMILES string of the molecule is CC(C)(C)OC(=O)NC1CCC(NC(=O)OCc2ccccc2)C(C(=O)N2CCCC2)C1. The van der Waals surface area contributed by atoms with Crippen molar-refractivity contribution in [3.63, 3.8) is 0 Å². The van der Waals surface area contributed by atoms with Gasteiger partial charge in [0.25, 0.3) is 0 Å². The molecule has 1 heterocycles. The first-order chi connectivity index (χ1) is 15.2. The molecule has 1 saturated heterocycles. The predicted octanol–water partition coefficient (Wildman–Crippen LogP) is 3.60. The molecule has 1 aromatic rings. The molecular formula is C24H35N3O5. The van der Waals surface area contributed by atoms with Crippen LogP contribution in [0.25, 0.3) is 0 Å². The summed E-state index contributed by atoms with van der Waals surface area (Å²) in [6.07, 6.45) is 2.65. The smallest absolute Gasteiger partial charge is 0.407 e. The van der Waals surface area contributed by atoms with Crippen LogP contribution in [0.5, 0.6) is 0 Å². The molecule has 3 atom stereocenters. The number of hydrogen-bond acceptors (Lipinski definition) is 5. The highest BCUT2D eigenvalue weighted by Crippen LogP contribution is 2.28. The van der Waals surface area contributed by atoms with Crippen molar-refractivity contribution in [2.75, 3.05) is 13.1 Å². The largest absolute Gasteiger partial charge is 0.445 e. The third-order valence-corrected chi connectivity index (χ3v) is 5.82. The molecule has 1 saturated carbocycles. The van der Waals surface area contributed by atoms with Crippen LogP contribution in [0.4, 0.5) is 9.59 Å². The quantitative estimate of drug-likeness (QED) is 0.722. The Balaban J connectivity index is 1.60. The fourth-order valence-electron chi connectivity index (χ4n) is 4.31. The number of alkyl carbamates (subject to hydrolysis) is 2. The van der Waals surface area contributed by atoms with E-state index in [-0.39, 0.29) is 24.6 Å². The molecule has 1 aromatic carbocycles. The van der Waals surface area contributed by atoms with E-state index >= 15 is 0 Å². The summed E-state index contributed by atoms with van der Waals surface area (Å²) in [5.41, 5.74) is 0.313. The second-order valence-corrected chi connectivity index (χ2v) is 9.61. The lowest BCUT2D eigenvalue weighted by atomic mass is 9.80. The number of carbonyl (C=O) groups is 3. The Morgan fingerprint density at radius 1 is 1.00 bits per heavy atom. The van der Waals surface area contributed by atoms with Crippen molar-refractivity contribution in [3.05, 3.63) is 35.9 Å². The average Bonchev–Trinajstić information content (AvgIpc) is 3.27. The molecule has 8 nitrogen and oxygen atoms in total. The van der Waals surface area contributed by atoms with Gasteiger partial charge in [-0.1, -0.05) is 30.3 Å². The molecule has 32 heavy (non-hydrogen) atoms. The zero-order valence-corrected chi connectivity index (χ0v) is 19.3. The number of hydrogen-bond donors (Lipinski definition) is 2. The van der Waals surface area contributed by atoms with Gasteiger partial charge in [-0.2, -0.15) is 0 Å². The molecule has 1 aliphatic heterocycles. The van der Waals surface area contributed by atoms with E-state index in [4.69, 9.17) is 9.47 Å². The second kappa shape index (κ2) is 10.7. The van der Waals surface area contributed by atoms with E-state index in [9.17, 15) is 14.4 Å². The topological polar surface area (TPSA) is 97.0 Å². The third-order valence-electron chi connectivity index (χ3n) is 5.82. The normalized spacial score (nSPS) is 23.3. The molecule has 0 bridgehead atoms. The standard InChI is InChI=1S/C24H35N3O5/c1-24(2,3)32-23(30)25-18-11-12-20(19(15-18)21(28)27-13-7-8-14-27)26-22(29)31-16-17-9-5-4-6-10-17/h4-6,9-10,18-20H,7-8,11-16H2,1-3H3,(H,25,30)(H,26,29). The maximum atomic E-state index is 13.2. The van der Waals surface area contributed by atoms with Crippen LogP contribution >= 0.6 is 0 Å². The van der Waals surface area contributed by atoms with Crippen molar-refractivity contribution in [2.24, 2.45) is 5.92 Å². The molecule has 0 spiro atoms. The monoisotopic (exact) mass is 445 g/mol. The highest BCUT2D eigenvalue weighted by Gasteiger charge is 2.39. The van der Waals surface area contributed by atoms with Crippen molar-refractivity contribution in [1.82, 2.24) is 15.5 Å². The first kappa shape index (κ1) is 23.9. The van der Waals surface area contributed by atoms with Gasteiger partial charge in [-0.25, -0.2) is 9.59 Å². The molecule has 3 unspecified atom stereocenters. The molecule has 0 aromatic heterocycles. The van der Waals surface area contributed by atoms with Gasteiger partial charge in [0.05, 0.1) is 5.92 Å². The molecule has 2 fully saturated rings. The highest BCUT2D eigenvalue weighted by molar-refractivity contribution is 5.81. The maximum absolute atomic E-state index is 13.2. The first-order valence-electron chi connectivity index (χ1n) is 11.5. The van der Waals surface area contributed by atoms with Gasteiger partial charge < -0.3 is 25.0 Å². The average molecular weight is 446 g/mol. The van der Waals surface area contributed by atoms with E-state index in [0.29, 0.717) is 19.3 Å². The fraction of sp³-hybridized carbons (Fsp3) is 0.625. The van der Waals surface area contributed by atoms with Crippen molar-refractivity contribution in [2.45, 2.75) is 77.2 Å². The third kappa shape index (κ3) is 7.14. The van der Waals surface area contributed by atoms with Gasteiger partial charge in [-0.3, -0.25) is 4.79 Å². The number of rotatable bonds is 5. The summed E-state index contributed by atoms with van der Waals surface area (Å²) in [4.78, 5) is 39.7. The molecule has 1 aliphatic carbocycles. The molecule has 2 aliphatic rings. The van der Waals surface area contributed by atoms with Crippen LogP contribution in [0, 0.1) is 5.92 Å². The van der Waals surface area contributed by atoms with E-state index < -0.39 is 23.7 Å². The summed E-state index contributed by atoms with van der Waals surface area (Å²) in [6, 6.07) is 8.95. The number of nitrogens with one attached hydrogen (secondary N) is 2. The molecule has 2 N–H and O–H groups in total. The Morgan fingerprint density at radius 2 is 1.69 bits per heavy atom. The summed E-state index contributed by atoms with van der Waals surface area (Å²) >= 11 is 0. The highest BCUT2D eigenvalue weighted by atomic mass is 16.6. The van der Waals surface area contributed by atoms with Gasteiger partial charge in [-0.15, -0.1) is 0 Å². The van der Waals surface area contributed by atoms with Crippen LogP contribution in [0.3, 0.4) is 0 Å². The minimum Gasteiger partial charge on any atom is -0.445 e. The molecular weight excluding hydrogens is 410 g/mol. The lowest BCUT2D eigenvalue weighted by Crippen LogP contribution is -2.54. The van der Waals surface area contributed by atoms with Crippen molar-refractivity contribution >= 4 is 18.1 Å². The van der Waals surface area contributed by atoms with Crippen molar-refractivity contribution in [3.8, 4) is 0 Å². The Hall–Kier alpha value is -2.77. The maximum Gasteiger partial charge on any atom is 0.407 e. The van der Waals surface area contributed by atoms with Crippen LogP contribution in [0.2, 0.25) is 0 Å². The number of amides is 3. The summed E-state index contributed by atoms with van der Waals surface area (Å²) in [7, 11) is 0. The predicted molar refractivity (Wildman–Crippen MR) is 120 cm³/mol. The molecule has 3 rings (SSSR count). The van der Waals surface area contributed by atoms with Crippen LogP contribution < -0.4 is 10.6 Å². The van der Waals surface area contributed by atoms with E-state index in [1.807, 2.05) is 56.0 Å². The van der Waals surface area contributed by atoms with Crippen molar-refractivity contribution in [1.29, 1.82) is 0 Å². The lowest BCUT2D eigenvalue weighted by Gasteiger charge is -2.37. The number of nitrogens with zero attached hydrogens (tertiary/aromatic N) is 1. The summed E-state index contributed by atoms with van der Waals surface area (Å²) in [6.45, 7) is 7.10. The van der Waals surface area contributed by atoms with E-state index in [1.165, 1.54) is 0 Å². The summed E-state index contributed by atoms with van der Waals surface area (Å²) in [5.74, 6) is -0.377. The Bertz CT molecular complexity index is 787. The minimum absolute atomic E-state index is 0.0338. The van der Waals surface area contributed by atoms with E-state index in [2.05, 4.69) is 10.6 Å². The second-order valence-electron chi connectivity index (χ2n) is 9.61. The zero-order chi connectivity index (χ0) is 23.1. The lowest BCUT2D eigenvalue weighted by molar-refractivity contribution is -0.136. The van der Waals surface area contributed by atoms with Gasteiger partial charge >= 0.3 is 12.2 Å². The molecule has 0 radical (unpaired) electrons. The van der Waals surface area contributed by atoms with Gasteiger partial charge in [-0.05, 0) is 58.4 Å². The minimum atomic E-state index is -0.587. The first-order valence-corrected chi connectivity index (χ1v) is 11.5. The van der Waals surface area contributed by atoms with E-state index in [1.54, 1.807) is 0 Å². The van der Waals surface area contributed by atoms with Gasteiger partial charge in [0, 0.05) is 25.2 Å². The Kier molecular flexibility index (Phi) is 7.99. The molecule has 3 amide bonds. The van der Waals surface area contributed by atoms with Crippen LogP contribution in [-0.4, -0.2) is 53.8 Å². The van der Waals surface area contributed by atoms with Gasteiger partial charge in [0.1, 0.15) is 12.2 Å². The summed E-state index contributed by atoms with van der Waals surface area (Å²) in [5, 5.41) is 5.80. The number of carbonyl (C=O) groups excluding carboxylic acids is 3. The van der Waals surface area contributed by atoms with E-state index in [0.717, 1.165) is 31.5 Å². The number of benzene rings is 1. The molecule has 8 heteroatoms. The van der Waals surface area contributed by atoms with Crippen molar-refractivity contribution < 1.29 is 23.9 Å². The Morgan fingerprint density at radius 3 is 2.34 bits per heavy atom. The van der Waals surface area contributed by atoms with Gasteiger partial charge in [0.15, 0.2) is 0 Å². The van der Waals surface area contributed by atoms with Crippen LogP contribution in [-0.2, 0) is 20.9 Å². The molecule has 176 valence electrons. The summed E-state index contributed by atoms with van der Waals surface area (Å²) < 4.78 is 10.7. The van der Waals surface area contributed by atoms with Crippen LogP contribution in [0.1, 0.15) is 58.4 Å². The zero-order valence-electron chi connectivity index (χ0n) is 19.3. The number of ether oxygens (including phenoxy) is 2. The van der Waals surface area contributed by atoms with Crippen LogP contribution in [0.15, 0.2) is 30.3 Å².